The van der Waals surface area contributed by atoms with Crippen molar-refractivity contribution in [2.24, 2.45) is 0 Å². The molecule has 18 heteroatoms. The Hall–Kier alpha value is -5.61. The first kappa shape index (κ1) is 117. The summed E-state index contributed by atoms with van der Waals surface area (Å²) in [5.74, 6) is -1.67. The van der Waals surface area contributed by atoms with Crippen molar-refractivity contribution in [1.29, 1.82) is 0 Å². The highest BCUT2D eigenvalue weighted by Gasteiger charge is 2.29. The van der Waals surface area contributed by atoms with Gasteiger partial charge in [0.1, 0.15) is 25.4 Å². The monoisotopic (exact) mass is 1760 g/mol. The lowest BCUT2D eigenvalue weighted by Crippen LogP contribution is -2.29. The zero-order chi connectivity index (χ0) is 89.3. The summed E-state index contributed by atoms with van der Waals surface area (Å²) in [6.07, 6.45) is 128. The molecular weight excluding hydrogens is 1580 g/mol. The van der Waals surface area contributed by atoms with Gasteiger partial charge in [0, 0.05) is 19.3 Å². The zero-order valence-electron chi connectivity index (χ0n) is 77.5. The molecule has 5 atom stereocenters. The Bertz CT molecular complexity index is 3020. The molecule has 0 saturated heterocycles. The summed E-state index contributed by atoms with van der Waals surface area (Å²) in [7, 11) is -9.84. The van der Waals surface area contributed by atoms with Crippen molar-refractivity contribution in [2.75, 3.05) is 39.6 Å². The third-order valence-corrected chi connectivity index (χ3v) is 22.2. The maximum absolute atomic E-state index is 13.0. The lowest BCUT2D eigenvalue weighted by atomic mass is 10.0. The third-order valence-electron chi connectivity index (χ3n) is 20.3. The van der Waals surface area contributed by atoms with Gasteiger partial charge in [-0.15, -0.1) is 0 Å². The highest BCUT2D eigenvalue weighted by Crippen LogP contribution is 2.45. The molecule has 4 N–H and O–H groups in total. The molecule has 5 unspecified atom stereocenters. The van der Waals surface area contributed by atoms with E-state index in [-0.39, 0.29) is 19.3 Å². The van der Waals surface area contributed by atoms with E-state index < -0.39 is 91.5 Å². The Morgan fingerprint density at radius 3 is 0.715 bits per heavy atom. The van der Waals surface area contributed by atoms with Crippen molar-refractivity contribution >= 4 is 33.6 Å². The van der Waals surface area contributed by atoms with Gasteiger partial charge in [-0.2, -0.15) is 0 Å². The number of hydrogen-bond acceptors (Lipinski definition) is 14. The van der Waals surface area contributed by atoms with Gasteiger partial charge in [-0.25, -0.2) is 9.13 Å². The first-order chi connectivity index (χ1) is 60.2. The lowest BCUT2D eigenvalue weighted by molar-refractivity contribution is -0.161. The number of rotatable bonds is 91. The number of hydrogen-bond donors (Lipinski definition) is 4. The van der Waals surface area contributed by atoms with E-state index in [9.17, 15) is 43.5 Å². The van der Waals surface area contributed by atoms with E-state index in [0.717, 1.165) is 141 Å². The molecule has 0 aliphatic rings. The second-order valence-corrected chi connectivity index (χ2v) is 35.0. The average Bonchev–Trinajstić information content (AvgIpc) is 0.898. The molecule has 702 valence electrons. The zero-order valence-corrected chi connectivity index (χ0v) is 79.3. The first-order valence-electron chi connectivity index (χ1n) is 48.7. The summed E-state index contributed by atoms with van der Waals surface area (Å²) in [5.41, 5.74) is 0. The molecule has 0 aromatic carbocycles. The number of aliphatic hydroxyl groups is 2. The fraction of sp³-hybridized carbons (Fsp3) is 0.667. The summed E-state index contributed by atoms with van der Waals surface area (Å²) in [4.78, 5) is 59.0. The number of phosphoric ester groups is 2. The molecule has 0 rings (SSSR count). The molecule has 0 saturated carbocycles. The minimum absolute atomic E-state index is 0.0256. The van der Waals surface area contributed by atoms with Crippen LogP contribution >= 0.6 is 15.6 Å². The minimum atomic E-state index is -4.97. The van der Waals surface area contributed by atoms with Crippen molar-refractivity contribution in [3.8, 4) is 0 Å². The Kier molecular flexibility index (Phi) is 91.1. The van der Waals surface area contributed by atoms with Crippen LogP contribution in [0.2, 0.25) is 0 Å². The molecule has 0 bridgehead atoms. The highest BCUT2D eigenvalue weighted by atomic mass is 31.2. The number of ether oxygens (including phenoxy) is 3. The Morgan fingerprint density at radius 2 is 0.447 bits per heavy atom. The van der Waals surface area contributed by atoms with Crippen molar-refractivity contribution in [2.45, 2.75) is 411 Å². The molecule has 0 amide bonds. The molecule has 0 spiro atoms. The van der Waals surface area contributed by atoms with Crippen LogP contribution in [0.4, 0.5) is 0 Å². The van der Waals surface area contributed by atoms with Crippen LogP contribution in [-0.2, 0) is 55.8 Å². The van der Waals surface area contributed by atoms with Gasteiger partial charge in [-0.05, 0) is 154 Å². The number of carbonyl (C=O) groups is 3. The van der Waals surface area contributed by atoms with E-state index in [1.807, 2.05) is 18.2 Å². The molecule has 123 heavy (non-hydrogen) atoms. The summed E-state index contributed by atoms with van der Waals surface area (Å²) in [6, 6.07) is 0. The van der Waals surface area contributed by atoms with Crippen molar-refractivity contribution in [3.05, 3.63) is 194 Å². The van der Waals surface area contributed by atoms with E-state index >= 15 is 0 Å². The quantitative estimate of drug-likeness (QED) is 0.0146. The summed E-state index contributed by atoms with van der Waals surface area (Å²) in [6.45, 7) is 2.37. The van der Waals surface area contributed by atoms with E-state index in [1.54, 1.807) is 0 Å². The van der Waals surface area contributed by atoms with Crippen LogP contribution < -0.4 is 0 Å². The third kappa shape index (κ3) is 96.9. The lowest BCUT2D eigenvalue weighted by Gasteiger charge is -2.21. The van der Waals surface area contributed by atoms with Gasteiger partial charge >= 0.3 is 33.6 Å². The van der Waals surface area contributed by atoms with E-state index in [0.29, 0.717) is 25.7 Å². The van der Waals surface area contributed by atoms with Gasteiger partial charge in [-0.3, -0.25) is 32.5 Å². The fourth-order valence-electron chi connectivity index (χ4n) is 13.0. The van der Waals surface area contributed by atoms with Gasteiger partial charge in [0.15, 0.2) is 6.10 Å². The molecular formula is C105H176O16P2. The van der Waals surface area contributed by atoms with Crippen molar-refractivity contribution in [3.63, 3.8) is 0 Å². The predicted molar refractivity (Wildman–Crippen MR) is 518 cm³/mol. The SMILES string of the molecule is CC/C=C\C/C=C\C/C=C\C/C=C\C/C=C\C/C=C\CCCCCCCCCCCCCCCCC(=O)OCC(COP(=O)(O)OCC(O)COP(=O)(O)OCC(O)COC(=O)CCCCCCCCCCCCCCCCCCCCC/C=C\C/C=C\C/C=C\C/C=C\CCCCC)OC(=O)CC/C=C\C/C=C\C/C=C\C/C=C\C/C=C\C/C=C\CC. The molecule has 0 heterocycles. The van der Waals surface area contributed by atoms with Crippen LogP contribution in [0.1, 0.15) is 393 Å². The number of allylic oxidation sites excluding steroid dienone is 32. The van der Waals surface area contributed by atoms with Gasteiger partial charge < -0.3 is 34.2 Å². The number of aliphatic hydroxyl groups excluding tert-OH is 2. The van der Waals surface area contributed by atoms with Crippen molar-refractivity contribution in [1.82, 2.24) is 0 Å². The smallest absolute Gasteiger partial charge is 0.463 e. The number of carbonyl (C=O) groups excluding carboxylic acids is 3. The van der Waals surface area contributed by atoms with E-state index in [1.165, 1.54) is 186 Å². The van der Waals surface area contributed by atoms with Crippen LogP contribution in [0, 0.1) is 0 Å². The largest absolute Gasteiger partial charge is 0.472 e. The second kappa shape index (κ2) is 95.5. The molecule has 0 aromatic rings. The van der Waals surface area contributed by atoms with E-state index in [4.69, 9.17) is 32.3 Å². The van der Waals surface area contributed by atoms with E-state index in [2.05, 4.69) is 197 Å². The topological polar surface area (TPSA) is 231 Å². The standard InChI is InChI=1S/C105H176O16P2/c1-4-7-10-13-16-19-22-25-28-31-34-36-38-40-42-44-46-48-49-51-53-54-56-58-60-62-65-67-70-73-76-79-82-85-88-91-103(108)115-94-100(106)95-117-122(111,112)118-96-101(107)97-119-123(113,114)120-99-102(121-105(110)93-90-87-84-81-78-75-72-69-64-33-30-27-24-21-18-15-12-9-6-3)98-116-104(109)92-89-86-83-80-77-74-71-68-66-63-61-59-57-55-52-50-47-45-43-41-39-37-35-32-29-26-23-20-17-14-11-8-5-2/h8-9,11-12,16-21,25-30,34-37,40-43,47,50,64,69,75,78,84,87,100-102,106-107H,4-7,10,13-15,22-24,31-33,38-39,44-46,48-49,51-63,65-68,70-74,76-77,79-83,85-86,88-99H2,1-3H3,(H,111,112)(H,113,114)/b11-8-,12-9-,19-16-,20-17-,21-18-,28-25-,29-26-,30-27-,36-34-,37-35-,42-40-,43-41-,50-47-,69-64-,78-75-,87-84-. The first-order valence-corrected chi connectivity index (χ1v) is 51.7. The molecule has 0 aliphatic heterocycles. The van der Waals surface area contributed by atoms with Gasteiger partial charge in [0.25, 0.3) is 0 Å². The van der Waals surface area contributed by atoms with Gasteiger partial charge in [-0.1, -0.05) is 414 Å². The summed E-state index contributed by atoms with van der Waals surface area (Å²) in [5, 5.41) is 20.8. The van der Waals surface area contributed by atoms with Gasteiger partial charge in [0.2, 0.25) is 0 Å². The normalized spacial score (nSPS) is 14.6. The van der Waals surface area contributed by atoms with Crippen LogP contribution in [0.25, 0.3) is 0 Å². The Balaban J connectivity index is 4.54. The van der Waals surface area contributed by atoms with Crippen molar-refractivity contribution < 1.29 is 75.8 Å². The van der Waals surface area contributed by atoms with Crippen LogP contribution in [0.15, 0.2) is 194 Å². The number of phosphoric acid groups is 2. The second-order valence-electron chi connectivity index (χ2n) is 32.1. The van der Waals surface area contributed by atoms with Crippen LogP contribution in [0.5, 0.6) is 0 Å². The number of esters is 3. The molecule has 16 nitrogen and oxygen atoms in total. The average molecular weight is 1760 g/mol. The van der Waals surface area contributed by atoms with Crippen LogP contribution in [0.3, 0.4) is 0 Å². The van der Waals surface area contributed by atoms with Gasteiger partial charge in [0.05, 0.1) is 26.4 Å². The maximum Gasteiger partial charge on any atom is 0.472 e. The summed E-state index contributed by atoms with van der Waals surface area (Å²) < 4.78 is 61.4. The number of unbranched alkanes of at least 4 members (excludes halogenated alkanes) is 36. The minimum Gasteiger partial charge on any atom is -0.463 e. The maximum atomic E-state index is 13.0. The summed E-state index contributed by atoms with van der Waals surface area (Å²) >= 11 is 0. The van der Waals surface area contributed by atoms with Crippen LogP contribution in [-0.4, -0.2) is 95.9 Å². The highest BCUT2D eigenvalue weighted by molar-refractivity contribution is 7.47. The Labute approximate surface area is 750 Å². The predicted octanol–water partition coefficient (Wildman–Crippen LogP) is 30.6. The fourth-order valence-corrected chi connectivity index (χ4v) is 14.6. The Morgan fingerprint density at radius 1 is 0.236 bits per heavy atom. The molecule has 0 radical (unpaired) electrons. The molecule has 0 fully saturated rings. The molecule has 0 aliphatic carbocycles. The molecule has 0 aromatic heterocycles.